The Hall–Kier alpha value is -2.76. The lowest BCUT2D eigenvalue weighted by molar-refractivity contribution is 0.0792. The molecule has 128 valence electrons. The van der Waals surface area contributed by atoms with E-state index in [1.807, 2.05) is 18.2 Å². The molecule has 0 unspecified atom stereocenters. The van der Waals surface area contributed by atoms with E-state index in [9.17, 15) is 4.79 Å². The number of rotatable bonds is 7. The first-order valence-corrected chi connectivity index (χ1v) is 7.56. The van der Waals surface area contributed by atoms with Gasteiger partial charge in [-0.25, -0.2) is 0 Å². The van der Waals surface area contributed by atoms with Crippen LogP contribution >= 0.6 is 0 Å². The van der Waals surface area contributed by atoms with Crippen LogP contribution < -0.4 is 14.2 Å². The van der Waals surface area contributed by atoms with Crippen molar-refractivity contribution in [3.63, 3.8) is 0 Å². The molecule has 0 atom stereocenters. The molecule has 0 bridgehead atoms. The van der Waals surface area contributed by atoms with Gasteiger partial charge in [0.05, 0.1) is 26.9 Å². The lowest BCUT2D eigenvalue weighted by Crippen LogP contribution is -2.29. The maximum absolute atomic E-state index is 12.7. The van der Waals surface area contributed by atoms with E-state index in [-0.39, 0.29) is 5.91 Å². The molecule has 0 saturated carbocycles. The minimum absolute atomic E-state index is 0.149. The van der Waals surface area contributed by atoms with Crippen molar-refractivity contribution in [1.29, 1.82) is 0 Å². The zero-order valence-electron chi connectivity index (χ0n) is 14.4. The van der Waals surface area contributed by atoms with Crippen molar-refractivity contribution in [2.24, 2.45) is 0 Å². The summed E-state index contributed by atoms with van der Waals surface area (Å²) in [6.45, 7) is 0.549. The molecule has 1 aromatic heterocycles. The maximum Gasteiger partial charge on any atom is 0.257 e. The number of benzene rings is 1. The summed E-state index contributed by atoms with van der Waals surface area (Å²) in [7, 11) is 6.34. The molecule has 0 aliphatic rings. The number of methoxy groups -OCH3 is 3. The summed E-state index contributed by atoms with van der Waals surface area (Å²) in [5.74, 6) is 1.30. The van der Waals surface area contributed by atoms with Crippen LogP contribution in [0.1, 0.15) is 16.1 Å². The zero-order valence-corrected chi connectivity index (χ0v) is 14.4. The van der Waals surface area contributed by atoms with Gasteiger partial charge in [-0.1, -0.05) is 6.07 Å². The second-order valence-corrected chi connectivity index (χ2v) is 5.21. The van der Waals surface area contributed by atoms with Gasteiger partial charge in [0.1, 0.15) is 5.75 Å². The van der Waals surface area contributed by atoms with Gasteiger partial charge in [-0.2, -0.15) is 0 Å². The molecule has 1 aromatic carbocycles. The van der Waals surface area contributed by atoms with Gasteiger partial charge in [0.2, 0.25) is 0 Å². The van der Waals surface area contributed by atoms with E-state index in [0.717, 1.165) is 5.69 Å². The van der Waals surface area contributed by atoms with Crippen molar-refractivity contribution in [2.45, 2.75) is 6.42 Å². The predicted octanol–water partition coefficient (Wildman–Crippen LogP) is 2.42. The third-order valence-corrected chi connectivity index (χ3v) is 3.71. The number of aromatic nitrogens is 1. The van der Waals surface area contributed by atoms with Crippen molar-refractivity contribution in [3.8, 4) is 17.2 Å². The van der Waals surface area contributed by atoms with Crippen LogP contribution in [0.2, 0.25) is 0 Å². The van der Waals surface area contributed by atoms with Crippen molar-refractivity contribution < 1.29 is 19.0 Å². The van der Waals surface area contributed by atoms with E-state index >= 15 is 0 Å². The highest BCUT2D eigenvalue weighted by molar-refractivity contribution is 5.97. The highest BCUT2D eigenvalue weighted by Crippen LogP contribution is 2.35. The van der Waals surface area contributed by atoms with E-state index in [1.54, 1.807) is 30.3 Å². The van der Waals surface area contributed by atoms with Gasteiger partial charge < -0.3 is 19.1 Å². The van der Waals surface area contributed by atoms with Crippen LogP contribution in [0.15, 0.2) is 36.5 Å². The number of hydrogen-bond acceptors (Lipinski definition) is 5. The Morgan fingerprint density at radius 2 is 1.71 bits per heavy atom. The summed E-state index contributed by atoms with van der Waals surface area (Å²) in [5.41, 5.74) is 1.37. The molecule has 0 spiro atoms. The Bertz CT molecular complexity index is 689. The fraction of sp³-hybridized carbons (Fsp3) is 0.333. The summed E-state index contributed by atoms with van der Waals surface area (Å²) >= 11 is 0. The van der Waals surface area contributed by atoms with Gasteiger partial charge >= 0.3 is 0 Å². The molecule has 1 heterocycles. The largest absolute Gasteiger partial charge is 0.496 e. The van der Waals surface area contributed by atoms with Gasteiger partial charge in [0.15, 0.2) is 11.5 Å². The van der Waals surface area contributed by atoms with Crippen molar-refractivity contribution in [1.82, 2.24) is 9.88 Å². The summed E-state index contributed by atoms with van der Waals surface area (Å²) in [4.78, 5) is 18.6. The molecule has 24 heavy (non-hydrogen) atoms. The number of carbonyl (C=O) groups excluding carboxylic acids is 1. The lowest BCUT2D eigenvalue weighted by atomic mass is 10.1. The van der Waals surface area contributed by atoms with Crippen LogP contribution in [0, 0.1) is 0 Å². The summed E-state index contributed by atoms with van der Waals surface area (Å²) < 4.78 is 15.8. The quantitative estimate of drug-likeness (QED) is 0.780. The highest BCUT2D eigenvalue weighted by Gasteiger charge is 2.20. The van der Waals surface area contributed by atoms with Crippen LogP contribution in [0.5, 0.6) is 17.2 Å². The van der Waals surface area contributed by atoms with Gasteiger partial charge in [-0.15, -0.1) is 0 Å². The van der Waals surface area contributed by atoms with Crippen LogP contribution in [0.3, 0.4) is 0 Å². The summed E-state index contributed by atoms with van der Waals surface area (Å²) in [6, 6.07) is 9.03. The molecular weight excluding hydrogens is 308 g/mol. The van der Waals surface area contributed by atoms with Crippen molar-refractivity contribution in [2.75, 3.05) is 34.9 Å². The molecule has 0 aliphatic heterocycles. The first kappa shape index (κ1) is 17.6. The van der Waals surface area contributed by atoms with Crippen LogP contribution in [-0.4, -0.2) is 50.7 Å². The third-order valence-electron chi connectivity index (χ3n) is 3.71. The van der Waals surface area contributed by atoms with Crippen LogP contribution in [0.4, 0.5) is 0 Å². The second kappa shape index (κ2) is 8.19. The summed E-state index contributed by atoms with van der Waals surface area (Å²) in [5, 5.41) is 0. The fourth-order valence-corrected chi connectivity index (χ4v) is 2.33. The molecule has 0 radical (unpaired) electrons. The van der Waals surface area contributed by atoms with Gasteiger partial charge in [0, 0.05) is 44.0 Å². The highest BCUT2D eigenvalue weighted by atomic mass is 16.5. The maximum atomic E-state index is 12.7. The molecule has 1 amide bonds. The molecule has 2 rings (SSSR count). The van der Waals surface area contributed by atoms with Crippen molar-refractivity contribution >= 4 is 5.91 Å². The molecule has 0 fully saturated rings. The minimum atomic E-state index is -0.149. The van der Waals surface area contributed by atoms with Crippen LogP contribution in [-0.2, 0) is 6.42 Å². The third kappa shape index (κ3) is 3.95. The van der Waals surface area contributed by atoms with E-state index in [0.29, 0.717) is 35.8 Å². The Balaban J connectivity index is 2.18. The lowest BCUT2D eigenvalue weighted by Gasteiger charge is -2.20. The minimum Gasteiger partial charge on any atom is -0.496 e. The molecular formula is C18H22N2O4. The predicted molar refractivity (Wildman–Crippen MR) is 91.0 cm³/mol. The van der Waals surface area contributed by atoms with E-state index in [2.05, 4.69) is 4.98 Å². The number of amides is 1. The topological polar surface area (TPSA) is 60.9 Å². The van der Waals surface area contributed by atoms with E-state index in [1.165, 1.54) is 21.3 Å². The van der Waals surface area contributed by atoms with E-state index < -0.39 is 0 Å². The number of ether oxygens (including phenoxy) is 3. The van der Waals surface area contributed by atoms with Gasteiger partial charge in [-0.05, 0) is 12.1 Å². The Morgan fingerprint density at radius 3 is 2.29 bits per heavy atom. The monoisotopic (exact) mass is 330 g/mol. The molecule has 0 N–H and O–H groups in total. The second-order valence-electron chi connectivity index (χ2n) is 5.21. The number of hydrogen-bond donors (Lipinski definition) is 0. The fourth-order valence-electron chi connectivity index (χ4n) is 2.33. The normalized spacial score (nSPS) is 10.2. The average Bonchev–Trinajstić information content (AvgIpc) is 2.65. The zero-order chi connectivity index (χ0) is 17.5. The molecule has 6 nitrogen and oxygen atoms in total. The molecule has 0 aliphatic carbocycles. The Morgan fingerprint density at radius 1 is 1.04 bits per heavy atom. The average molecular weight is 330 g/mol. The smallest absolute Gasteiger partial charge is 0.257 e. The molecule has 0 saturated heterocycles. The standard InChI is InChI=1S/C18H22N2O4/c1-20(10-8-13-7-5-6-9-19-13)18(21)14-11-16(23-3)17(24-4)12-15(14)22-2/h5-7,9,11-12H,8,10H2,1-4H3. The van der Waals surface area contributed by atoms with E-state index in [4.69, 9.17) is 14.2 Å². The Labute approximate surface area is 142 Å². The summed E-state index contributed by atoms with van der Waals surface area (Å²) in [6.07, 6.45) is 2.42. The van der Waals surface area contributed by atoms with Gasteiger partial charge in [0.25, 0.3) is 5.91 Å². The van der Waals surface area contributed by atoms with Crippen molar-refractivity contribution in [3.05, 3.63) is 47.8 Å². The first-order valence-electron chi connectivity index (χ1n) is 7.56. The number of pyridine rings is 1. The van der Waals surface area contributed by atoms with Crippen LogP contribution in [0.25, 0.3) is 0 Å². The Kier molecular flexibility index (Phi) is 6.01. The molecule has 6 heteroatoms. The number of carbonyl (C=O) groups is 1. The number of nitrogens with zero attached hydrogens (tertiary/aromatic N) is 2. The SMILES string of the molecule is COc1cc(OC)c(C(=O)N(C)CCc2ccccn2)cc1OC. The molecule has 2 aromatic rings. The number of likely N-dealkylation sites (N-methyl/N-ethyl adjacent to an activating group) is 1. The first-order chi connectivity index (χ1) is 11.6. The van der Waals surface area contributed by atoms with Gasteiger partial charge in [-0.3, -0.25) is 9.78 Å².